The Labute approximate surface area is 74.1 Å². The van der Waals surface area contributed by atoms with Crippen LogP contribution >= 0.6 is 23.2 Å². The lowest BCUT2D eigenvalue weighted by Gasteiger charge is -1.98. The first-order chi connectivity index (χ1) is 5.11. The fourth-order valence-electron chi connectivity index (χ4n) is 0.710. The molecule has 0 atom stereocenters. The van der Waals surface area contributed by atoms with E-state index in [1.54, 1.807) is 6.92 Å². The molecule has 0 saturated heterocycles. The summed E-state index contributed by atoms with van der Waals surface area (Å²) in [7, 11) is 0. The SMILES string of the molecule is Cc1cnc(Cl)cc1C(=O)Cl. The van der Waals surface area contributed by atoms with E-state index in [1.807, 2.05) is 0 Å². The summed E-state index contributed by atoms with van der Waals surface area (Å²) in [4.78, 5) is 14.5. The van der Waals surface area contributed by atoms with E-state index in [1.165, 1.54) is 12.3 Å². The van der Waals surface area contributed by atoms with Crippen molar-refractivity contribution in [3.05, 3.63) is 28.5 Å². The summed E-state index contributed by atoms with van der Waals surface area (Å²) in [6.07, 6.45) is 1.51. The molecule has 0 amide bonds. The van der Waals surface area contributed by atoms with E-state index in [-0.39, 0.29) is 5.15 Å². The smallest absolute Gasteiger partial charge is 0.252 e. The number of nitrogens with zero attached hydrogens (tertiary/aromatic N) is 1. The highest BCUT2D eigenvalue weighted by molar-refractivity contribution is 6.68. The Morgan fingerprint density at radius 2 is 2.27 bits per heavy atom. The summed E-state index contributed by atoms with van der Waals surface area (Å²) in [5, 5.41) is -0.230. The Bertz CT molecular complexity index is 298. The minimum atomic E-state index is -0.508. The van der Waals surface area contributed by atoms with Gasteiger partial charge in [0.1, 0.15) is 5.15 Å². The van der Waals surface area contributed by atoms with Crippen LogP contribution in [0, 0.1) is 6.92 Å². The highest BCUT2D eigenvalue weighted by Crippen LogP contribution is 2.13. The third kappa shape index (κ3) is 1.91. The molecule has 0 saturated carbocycles. The summed E-state index contributed by atoms with van der Waals surface area (Å²) in [5.74, 6) is 0. The highest BCUT2D eigenvalue weighted by Gasteiger charge is 2.06. The van der Waals surface area contributed by atoms with Crippen molar-refractivity contribution in [3.8, 4) is 0 Å². The predicted molar refractivity (Wildman–Crippen MR) is 44.2 cm³/mol. The Morgan fingerprint density at radius 3 is 2.73 bits per heavy atom. The summed E-state index contributed by atoms with van der Waals surface area (Å²) >= 11 is 10.8. The molecule has 0 aliphatic rings. The number of rotatable bonds is 1. The third-order valence-corrected chi connectivity index (χ3v) is 1.69. The van der Waals surface area contributed by atoms with Crippen LogP contribution in [0.15, 0.2) is 12.3 Å². The van der Waals surface area contributed by atoms with E-state index in [0.29, 0.717) is 5.56 Å². The monoisotopic (exact) mass is 189 g/mol. The van der Waals surface area contributed by atoms with E-state index >= 15 is 0 Å². The molecule has 0 bridgehead atoms. The van der Waals surface area contributed by atoms with Crippen molar-refractivity contribution in [2.45, 2.75) is 6.92 Å². The molecule has 0 unspecified atom stereocenters. The van der Waals surface area contributed by atoms with Gasteiger partial charge in [-0.25, -0.2) is 4.98 Å². The molecule has 58 valence electrons. The molecule has 0 fully saturated rings. The molecule has 0 spiro atoms. The third-order valence-electron chi connectivity index (χ3n) is 1.28. The molecule has 0 aromatic carbocycles. The first-order valence-electron chi connectivity index (χ1n) is 2.93. The van der Waals surface area contributed by atoms with E-state index in [2.05, 4.69) is 4.98 Å². The number of aromatic nitrogens is 1. The van der Waals surface area contributed by atoms with Gasteiger partial charge in [-0.1, -0.05) is 11.6 Å². The van der Waals surface area contributed by atoms with Crippen LogP contribution in [0.5, 0.6) is 0 Å². The highest BCUT2D eigenvalue weighted by atomic mass is 35.5. The molecule has 4 heteroatoms. The predicted octanol–water partition coefficient (Wildman–Crippen LogP) is 2.42. The van der Waals surface area contributed by atoms with Crippen LogP contribution in [0.3, 0.4) is 0 Å². The second-order valence-corrected chi connectivity index (χ2v) is 2.83. The van der Waals surface area contributed by atoms with Crippen molar-refractivity contribution in [1.82, 2.24) is 4.98 Å². The maximum absolute atomic E-state index is 10.7. The summed E-state index contributed by atoms with van der Waals surface area (Å²) in [5.41, 5.74) is 1.14. The molecule has 1 aromatic heterocycles. The topological polar surface area (TPSA) is 30.0 Å². The van der Waals surface area contributed by atoms with Crippen molar-refractivity contribution < 1.29 is 4.79 Å². The largest absolute Gasteiger partial charge is 0.276 e. The van der Waals surface area contributed by atoms with E-state index in [0.717, 1.165) is 5.56 Å². The molecular formula is C7H5Cl2NO. The van der Waals surface area contributed by atoms with Crippen LogP contribution < -0.4 is 0 Å². The van der Waals surface area contributed by atoms with E-state index in [4.69, 9.17) is 23.2 Å². The molecule has 0 radical (unpaired) electrons. The molecule has 0 aliphatic carbocycles. The van der Waals surface area contributed by atoms with Gasteiger partial charge in [0.2, 0.25) is 0 Å². The molecule has 1 aromatic rings. The van der Waals surface area contributed by atoms with Gasteiger partial charge in [-0.15, -0.1) is 0 Å². The number of aryl methyl sites for hydroxylation is 1. The molecule has 0 aliphatic heterocycles. The van der Waals surface area contributed by atoms with Gasteiger partial charge in [-0.05, 0) is 30.2 Å². The second kappa shape index (κ2) is 3.20. The fourth-order valence-corrected chi connectivity index (χ4v) is 1.07. The minimum absolute atomic E-state index is 0.277. The van der Waals surface area contributed by atoms with Gasteiger partial charge in [0, 0.05) is 11.8 Å². The van der Waals surface area contributed by atoms with Gasteiger partial charge in [0.25, 0.3) is 5.24 Å². The lowest BCUT2D eigenvalue weighted by Crippen LogP contribution is -1.94. The van der Waals surface area contributed by atoms with Crippen molar-refractivity contribution in [2.75, 3.05) is 0 Å². The average molecular weight is 190 g/mol. The van der Waals surface area contributed by atoms with Crippen LogP contribution in [-0.4, -0.2) is 10.2 Å². The number of halogens is 2. The van der Waals surface area contributed by atoms with Gasteiger partial charge < -0.3 is 0 Å². The maximum atomic E-state index is 10.7. The summed E-state index contributed by atoms with van der Waals surface area (Å²) in [6, 6.07) is 1.45. The fraction of sp³-hybridized carbons (Fsp3) is 0.143. The van der Waals surface area contributed by atoms with Crippen molar-refractivity contribution in [2.24, 2.45) is 0 Å². The van der Waals surface area contributed by atoms with Gasteiger partial charge in [0.05, 0.1) is 0 Å². The zero-order valence-corrected chi connectivity index (χ0v) is 7.28. The van der Waals surface area contributed by atoms with Crippen molar-refractivity contribution >= 4 is 28.4 Å². The summed E-state index contributed by atoms with van der Waals surface area (Å²) in [6.45, 7) is 1.75. The van der Waals surface area contributed by atoms with Gasteiger partial charge in [0.15, 0.2) is 0 Å². The van der Waals surface area contributed by atoms with Gasteiger partial charge >= 0.3 is 0 Å². The van der Waals surface area contributed by atoms with Gasteiger partial charge in [-0.3, -0.25) is 4.79 Å². The number of hydrogen-bond donors (Lipinski definition) is 0. The van der Waals surface area contributed by atoms with Gasteiger partial charge in [-0.2, -0.15) is 0 Å². The van der Waals surface area contributed by atoms with E-state index < -0.39 is 5.24 Å². The zero-order valence-electron chi connectivity index (χ0n) is 5.77. The first kappa shape index (κ1) is 8.50. The quantitative estimate of drug-likeness (QED) is 0.502. The Morgan fingerprint density at radius 1 is 1.64 bits per heavy atom. The van der Waals surface area contributed by atoms with Crippen LogP contribution in [0.25, 0.3) is 0 Å². The molecule has 1 rings (SSSR count). The van der Waals surface area contributed by atoms with Crippen LogP contribution in [0.4, 0.5) is 0 Å². The molecule has 1 heterocycles. The normalized spacial score (nSPS) is 9.73. The zero-order chi connectivity index (χ0) is 8.43. The lowest BCUT2D eigenvalue weighted by atomic mass is 10.2. The Hall–Kier alpha value is -0.600. The number of carbonyl (C=O) groups is 1. The van der Waals surface area contributed by atoms with Crippen LogP contribution in [0.1, 0.15) is 15.9 Å². The standard InChI is InChI=1S/C7H5Cl2NO/c1-4-3-10-6(8)2-5(4)7(9)11/h2-3H,1H3. The molecule has 0 N–H and O–H groups in total. The summed E-state index contributed by atoms with van der Waals surface area (Å²) < 4.78 is 0. The van der Waals surface area contributed by atoms with Crippen molar-refractivity contribution in [1.29, 1.82) is 0 Å². The number of hydrogen-bond acceptors (Lipinski definition) is 2. The van der Waals surface area contributed by atoms with E-state index in [9.17, 15) is 4.79 Å². The first-order valence-corrected chi connectivity index (χ1v) is 3.69. The molecule has 11 heavy (non-hydrogen) atoms. The molecule has 2 nitrogen and oxygen atoms in total. The Balaban J connectivity index is 3.23. The Kier molecular flexibility index (Phi) is 2.47. The second-order valence-electron chi connectivity index (χ2n) is 2.10. The lowest BCUT2D eigenvalue weighted by molar-refractivity contribution is 0.108. The molecular weight excluding hydrogens is 185 g/mol. The number of pyridine rings is 1. The number of carbonyl (C=O) groups excluding carboxylic acids is 1. The van der Waals surface area contributed by atoms with Crippen LogP contribution in [-0.2, 0) is 0 Å². The van der Waals surface area contributed by atoms with Crippen molar-refractivity contribution in [3.63, 3.8) is 0 Å². The van der Waals surface area contributed by atoms with Crippen LogP contribution in [0.2, 0.25) is 5.15 Å². The minimum Gasteiger partial charge on any atom is -0.276 e. The maximum Gasteiger partial charge on any atom is 0.252 e. The average Bonchev–Trinajstić information content (AvgIpc) is 1.94.